The Morgan fingerprint density at radius 3 is 2.68 bits per heavy atom. The van der Waals surface area contributed by atoms with Gasteiger partial charge in [-0.15, -0.1) is 0 Å². The number of rotatable bonds is 3. The molecule has 0 spiro atoms. The second kappa shape index (κ2) is 6.73. The summed E-state index contributed by atoms with van der Waals surface area (Å²) in [7, 11) is 0. The standard InChI is InChI=1S/C17H20FN3O/c18-14-9-5-8-13(10-14)17(22)19-16-11-15(20-21-16)12-6-3-1-2-4-7-12/h5,8-12H,1-4,6-7H2,(H2,19,20,21,22). The van der Waals surface area contributed by atoms with Gasteiger partial charge in [-0.1, -0.05) is 31.7 Å². The SMILES string of the molecule is O=C(Nc1cc(C2CCCCCC2)[nH]n1)c1cccc(F)c1. The molecule has 0 bridgehead atoms. The minimum absolute atomic E-state index is 0.291. The van der Waals surface area contributed by atoms with Crippen LogP contribution in [0.5, 0.6) is 0 Å². The van der Waals surface area contributed by atoms with Crippen LogP contribution >= 0.6 is 0 Å². The number of aromatic nitrogens is 2. The molecule has 0 unspecified atom stereocenters. The summed E-state index contributed by atoms with van der Waals surface area (Å²) in [5.41, 5.74) is 1.37. The average Bonchev–Trinajstić information content (AvgIpc) is 2.81. The number of amides is 1. The third-order valence-electron chi connectivity index (χ3n) is 4.22. The fraction of sp³-hybridized carbons (Fsp3) is 0.412. The third-order valence-corrected chi connectivity index (χ3v) is 4.22. The first-order valence-electron chi connectivity index (χ1n) is 7.84. The molecule has 0 saturated heterocycles. The summed E-state index contributed by atoms with van der Waals surface area (Å²) in [5.74, 6) is 0.218. The first-order valence-corrected chi connectivity index (χ1v) is 7.84. The Morgan fingerprint density at radius 2 is 1.95 bits per heavy atom. The second-order valence-corrected chi connectivity index (χ2v) is 5.86. The summed E-state index contributed by atoms with van der Waals surface area (Å²) < 4.78 is 13.1. The molecule has 4 nitrogen and oxygen atoms in total. The number of anilines is 1. The molecule has 1 amide bonds. The van der Waals surface area contributed by atoms with Gasteiger partial charge in [-0.3, -0.25) is 9.89 Å². The highest BCUT2D eigenvalue weighted by molar-refractivity contribution is 6.03. The van der Waals surface area contributed by atoms with E-state index < -0.39 is 5.82 Å². The Balaban J connectivity index is 1.67. The Hall–Kier alpha value is -2.17. The molecule has 5 heteroatoms. The highest BCUT2D eigenvalue weighted by Crippen LogP contribution is 2.31. The number of benzene rings is 1. The molecule has 1 aliphatic rings. The molecule has 22 heavy (non-hydrogen) atoms. The molecule has 0 aliphatic heterocycles. The van der Waals surface area contributed by atoms with Crippen molar-refractivity contribution in [2.75, 3.05) is 5.32 Å². The van der Waals surface area contributed by atoms with Crippen molar-refractivity contribution in [2.24, 2.45) is 0 Å². The van der Waals surface area contributed by atoms with Crippen molar-refractivity contribution in [3.63, 3.8) is 0 Å². The van der Waals surface area contributed by atoms with Crippen molar-refractivity contribution in [1.82, 2.24) is 10.2 Å². The molecular formula is C17H20FN3O. The van der Waals surface area contributed by atoms with Crippen LogP contribution in [0.4, 0.5) is 10.2 Å². The van der Waals surface area contributed by atoms with Crippen molar-refractivity contribution in [2.45, 2.75) is 44.4 Å². The van der Waals surface area contributed by atoms with E-state index >= 15 is 0 Å². The molecule has 0 radical (unpaired) electrons. The van der Waals surface area contributed by atoms with Crippen LogP contribution in [0.25, 0.3) is 0 Å². The van der Waals surface area contributed by atoms with E-state index in [-0.39, 0.29) is 5.91 Å². The van der Waals surface area contributed by atoms with Gasteiger partial charge >= 0.3 is 0 Å². The van der Waals surface area contributed by atoms with Crippen LogP contribution in [0.2, 0.25) is 0 Å². The molecule has 2 aromatic rings. The van der Waals surface area contributed by atoms with Gasteiger partial charge in [-0.05, 0) is 31.0 Å². The highest BCUT2D eigenvalue weighted by Gasteiger charge is 2.17. The van der Waals surface area contributed by atoms with Gasteiger partial charge in [0.05, 0.1) is 0 Å². The van der Waals surface area contributed by atoms with Crippen LogP contribution in [0.1, 0.15) is 60.5 Å². The van der Waals surface area contributed by atoms with Crippen molar-refractivity contribution in [1.29, 1.82) is 0 Å². The zero-order valence-corrected chi connectivity index (χ0v) is 12.4. The predicted octanol–water partition coefficient (Wildman–Crippen LogP) is 4.24. The van der Waals surface area contributed by atoms with Gasteiger partial charge in [-0.2, -0.15) is 5.10 Å². The lowest BCUT2D eigenvalue weighted by Crippen LogP contribution is -2.12. The van der Waals surface area contributed by atoms with E-state index in [2.05, 4.69) is 15.5 Å². The smallest absolute Gasteiger partial charge is 0.256 e. The number of hydrogen-bond acceptors (Lipinski definition) is 2. The first kappa shape index (κ1) is 14.8. The van der Waals surface area contributed by atoms with E-state index in [1.165, 1.54) is 56.7 Å². The number of hydrogen-bond donors (Lipinski definition) is 2. The van der Waals surface area contributed by atoms with Gasteiger partial charge in [0.25, 0.3) is 5.91 Å². The normalized spacial score (nSPS) is 16.2. The maximum absolute atomic E-state index is 13.1. The molecule has 1 saturated carbocycles. The van der Waals surface area contributed by atoms with Crippen molar-refractivity contribution < 1.29 is 9.18 Å². The minimum Gasteiger partial charge on any atom is -0.305 e. The lowest BCUT2D eigenvalue weighted by molar-refractivity contribution is 0.102. The van der Waals surface area contributed by atoms with Crippen LogP contribution in [0.3, 0.4) is 0 Å². The fourth-order valence-corrected chi connectivity index (χ4v) is 3.02. The van der Waals surface area contributed by atoms with E-state index in [9.17, 15) is 9.18 Å². The number of nitrogens with zero attached hydrogens (tertiary/aromatic N) is 1. The molecule has 1 aromatic heterocycles. The zero-order valence-electron chi connectivity index (χ0n) is 12.4. The summed E-state index contributed by atoms with van der Waals surface area (Å²) in [6, 6.07) is 7.53. The number of H-pyrrole nitrogens is 1. The number of aromatic amines is 1. The molecular weight excluding hydrogens is 281 g/mol. The van der Waals surface area contributed by atoms with Gasteiger partial charge in [0.15, 0.2) is 5.82 Å². The molecule has 0 atom stereocenters. The van der Waals surface area contributed by atoms with Crippen LogP contribution in [-0.4, -0.2) is 16.1 Å². The molecule has 3 rings (SSSR count). The zero-order chi connectivity index (χ0) is 15.4. The number of halogens is 1. The van der Waals surface area contributed by atoms with Gasteiger partial charge < -0.3 is 5.32 Å². The summed E-state index contributed by atoms with van der Waals surface area (Å²) >= 11 is 0. The highest BCUT2D eigenvalue weighted by atomic mass is 19.1. The first-order chi connectivity index (χ1) is 10.7. The van der Waals surface area contributed by atoms with Gasteiger partial charge in [0.2, 0.25) is 0 Å². The van der Waals surface area contributed by atoms with Crippen LogP contribution in [0.15, 0.2) is 30.3 Å². The molecule has 1 heterocycles. The molecule has 2 N–H and O–H groups in total. The summed E-state index contributed by atoms with van der Waals surface area (Å²) in [5, 5.41) is 9.90. The van der Waals surface area contributed by atoms with Crippen molar-refractivity contribution >= 4 is 11.7 Å². The average molecular weight is 301 g/mol. The minimum atomic E-state index is -0.422. The Kier molecular flexibility index (Phi) is 4.51. The fourth-order valence-electron chi connectivity index (χ4n) is 3.02. The van der Waals surface area contributed by atoms with E-state index in [4.69, 9.17) is 0 Å². The topological polar surface area (TPSA) is 57.8 Å². The maximum atomic E-state index is 13.1. The van der Waals surface area contributed by atoms with Crippen LogP contribution in [0, 0.1) is 5.82 Å². The number of carbonyl (C=O) groups is 1. The molecule has 1 aromatic carbocycles. The van der Waals surface area contributed by atoms with Gasteiger partial charge in [0, 0.05) is 23.2 Å². The summed E-state index contributed by atoms with van der Waals surface area (Å²) in [4.78, 5) is 12.1. The van der Waals surface area contributed by atoms with E-state index in [1.54, 1.807) is 6.07 Å². The molecule has 116 valence electrons. The summed E-state index contributed by atoms with van der Waals surface area (Å²) in [6.07, 6.45) is 7.42. The Morgan fingerprint density at radius 1 is 1.18 bits per heavy atom. The molecule has 1 aliphatic carbocycles. The molecule has 1 fully saturated rings. The summed E-state index contributed by atoms with van der Waals surface area (Å²) in [6.45, 7) is 0. The second-order valence-electron chi connectivity index (χ2n) is 5.86. The van der Waals surface area contributed by atoms with Crippen LogP contribution < -0.4 is 5.32 Å². The van der Waals surface area contributed by atoms with E-state index in [1.807, 2.05) is 6.07 Å². The lowest BCUT2D eigenvalue weighted by atomic mass is 9.97. The van der Waals surface area contributed by atoms with E-state index in [0.29, 0.717) is 17.3 Å². The van der Waals surface area contributed by atoms with Crippen LogP contribution in [-0.2, 0) is 0 Å². The van der Waals surface area contributed by atoms with Crippen molar-refractivity contribution in [3.05, 3.63) is 47.4 Å². The number of nitrogens with one attached hydrogen (secondary N) is 2. The quantitative estimate of drug-likeness (QED) is 0.833. The number of carbonyl (C=O) groups excluding carboxylic acids is 1. The lowest BCUT2D eigenvalue weighted by Gasteiger charge is -2.10. The van der Waals surface area contributed by atoms with Gasteiger partial charge in [0.1, 0.15) is 5.82 Å². The van der Waals surface area contributed by atoms with Gasteiger partial charge in [-0.25, -0.2) is 4.39 Å². The monoisotopic (exact) mass is 301 g/mol. The maximum Gasteiger partial charge on any atom is 0.256 e. The Bertz CT molecular complexity index is 645. The van der Waals surface area contributed by atoms with Crippen molar-refractivity contribution in [3.8, 4) is 0 Å². The predicted molar refractivity (Wildman–Crippen MR) is 83.4 cm³/mol. The third kappa shape index (κ3) is 3.53. The van der Waals surface area contributed by atoms with E-state index in [0.717, 1.165) is 5.69 Å². The Labute approximate surface area is 129 Å². The largest absolute Gasteiger partial charge is 0.305 e.